The van der Waals surface area contributed by atoms with E-state index in [0.29, 0.717) is 17.9 Å². The van der Waals surface area contributed by atoms with Crippen LogP contribution in [0, 0.1) is 5.82 Å². The van der Waals surface area contributed by atoms with E-state index in [-0.39, 0.29) is 35.5 Å². The summed E-state index contributed by atoms with van der Waals surface area (Å²) >= 11 is 0. The Bertz CT molecular complexity index is 1710. The van der Waals surface area contributed by atoms with Gasteiger partial charge in [-0.2, -0.15) is 0 Å². The molecule has 0 saturated heterocycles. The monoisotopic (exact) mass is 657 g/mol. The zero-order chi connectivity index (χ0) is 33.2. The van der Waals surface area contributed by atoms with Crippen molar-refractivity contribution in [2.45, 2.75) is 62.6 Å². The maximum atomic E-state index is 14.6. The molecule has 1 N–H and O–H groups in total. The molecule has 1 aliphatic carbocycles. The highest BCUT2D eigenvalue weighted by atomic mass is 32.2. The van der Waals surface area contributed by atoms with Gasteiger partial charge in [0.05, 0.1) is 17.2 Å². The molecule has 0 aliphatic heterocycles. The SMILES string of the molecule is CCOc1ccc(N(CC(=O)N(Cc2ccc(F)cc2)C(Cc2ccccc2)C(=O)NC2CCCC2)S(=O)(=O)c2ccccc2)cc1. The molecule has 1 unspecified atom stereocenters. The quantitative estimate of drug-likeness (QED) is 0.176. The fraction of sp³-hybridized carbons (Fsp3) is 0.297. The van der Waals surface area contributed by atoms with Crippen LogP contribution in [0.5, 0.6) is 5.75 Å². The van der Waals surface area contributed by atoms with E-state index in [1.807, 2.05) is 37.3 Å². The van der Waals surface area contributed by atoms with Gasteiger partial charge in [-0.25, -0.2) is 12.8 Å². The first-order valence-electron chi connectivity index (χ1n) is 15.9. The van der Waals surface area contributed by atoms with Crippen LogP contribution in [-0.2, 0) is 32.6 Å². The predicted molar refractivity (Wildman–Crippen MR) is 180 cm³/mol. The fourth-order valence-corrected chi connectivity index (χ4v) is 7.27. The van der Waals surface area contributed by atoms with Gasteiger partial charge in [-0.15, -0.1) is 0 Å². The molecule has 2 amide bonds. The Morgan fingerprint density at radius 1 is 0.851 bits per heavy atom. The number of nitrogens with zero attached hydrogens (tertiary/aromatic N) is 2. The van der Waals surface area contributed by atoms with Gasteiger partial charge < -0.3 is 15.0 Å². The van der Waals surface area contributed by atoms with Crippen molar-refractivity contribution >= 4 is 27.5 Å². The van der Waals surface area contributed by atoms with Crippen LogP contribution in [0.4, 0.5) is 10.1 Å². The third kappa shape index (κ3) is 8.77. The molecule has 246 valence electrons. The summed E-state index contributed by atoms with van der Waals surface area (Å²) < 4.78 is 48.8. The lowest BCUT2D eigenvalue weighted by molar-refractivity contribution is -0.140. The van der Waals surface area contributed by atoms with E-state index in [9.17, 15) is 22.4 Å². The van der Waals surface area contributed by atoms with E-state index in [1.54, 1.807) is 54.6 Å². The molecule has 8 nitrogen and oxygen atoms in total. The number of rotatable bonds is 14. The maximum absolute atomic E-state index is 14.6. The third-order valence-electron chi connectivity index (χ3n) is 8.28. The van der Waals surface area contributed by atoms with Crippen LogP contribution in [0.25, 0.3) is 0 Å². The molecule has 1 fully saturated rings. The van der Waals surface area contributed by atoms with E-state index in [0.717, 1.165) is 35.6 Å². The number of nitrogens with one attached hydrogen (secondary N) is 1. The number of hydrogen-bond donors (Lipinski definition) is 1. The topological polar surface area (TPSA) is 96.0 Å². The zero-order valence-corrected chi connectivity index (χ0v) is 27.2. The van der Waals surface area contributed by atoms with Crippen LogP contribution in [0.3, 0.4) is 0 Å². The third-order valence-corrected chi connectivity index (χ3v) is 10.1. The highest BCUT2D eigenvalue weighted by molar-refractivity contribution is 7.92. The molecule has 4 aromatic carbocycles. The van der Waals surface area contributed by atoms with Crippen LogP contribution in [0.2, 0.25) is 0 Å². The van der Waals surface area contributed by atoms with Crippen molar-refractivity contribution in [3.63, 3.8) is 0 Å². The molecular weight excluding hydrogens is 617 g/mol. The summed E-state index contributed by atoms with van der Waals surface area (Å²) in [5.41, 5.74) is 1.71. The Labute approximate surface area is 276 Å². The molecule has 0 spiro atoms. The van der Waals surface area contributed by atoms with Crippen molar-refractivity contribution in [3.8, 4) is 5.75 Å². The van der Waals surface area contributed by atoms with Crippen molar-refractivity contribution in [2.24, 2.45) is 0 Å². The Kier molecular flexibility index (Phi) is 11.3. The minimum Gasteiger partial charge on any atom is -0.494 e. The highest BCUT2D eigenvalue weighted by Crippen LogP contribution is 2.27. The van der Waals surface area contributed by atoms with Crippen LogP contribution >= 0.6 is 0 Å². The molecule has 4 aromatic rings. The molecule has 5 rings (SSSR count). The molecule has 47 heavy (non-hydrogen) atoms. The summed E-state index contributed by atoms with van der Waals surface area (Å²) in [7, 11) is -4.21. The summed E-state index contributed by atoms with van der Waals surface area (Å²) in [6, 6.07) is 28.6. The molecule has 0 aromatic heterocycles. The van der Waals surface area contributed by atoms with Crippen molar-refractivity contribution in [1.29, 1.82) is 0 Å². The second kappa shape index (κ2) is 15.7. The van der Waals surface area contributed by atoms with Gasteiger partial charge in [-0.05, 0) is 79.4 Å². The second-order valence-electron chi connectivity index (χ2n) is 11.6. The maximum Gasteiger partial charge on any atom is 0.264 e. The number of amides is 2. The molecule has 0 bridgehead atoms. The minimum atomic E-state index is -4.21. The molecular formula is C37H40FN3O5S. The first kappa shape index (κ1) is 33.7. The Morgan fingerprint density at radius 3 is 2.09 bits per heavy atom. The molecule has 1 saturated carbocycles. The second-order valence-corrected chi connectivity index (χ2v) is 13.5. The summed E-state index contributed by atoms with van der Waals surface area (Å²) in [5.74, 6) is -0.758. The van der Waals surface area contributed by atoms with Crippen molar-refractivity contribution in [1.82, 2.24) is 10.2 Å². The smallest absolute Gasteiger partial charge is 0.264 e. The first-order chi connectivity index (χ1) is 22.7. The lowest BCUT2D eigenvalue weighted by atomic mass is 10.0. The van der Waals surface area contributed by atoms with E-state index >= 15 is 0 Å². The van der Waals surface area contributed by atoms with E-state index in [2.05, 4.69) is 5.32 Å². The summed E-state index contributed by atoms with van der Waals surface area (Å²) in [6.07, 6.45) is 3.95. The number of sulfonamides is 1. The number of halogens is 1. The molecule has 0 radical (unpaired) electrons. The number of ether oxygens (including phenoxy) is 1. The normalized spacial score (nSPS) is 13.9. The van der Waals surface area contributed by atoms with E-state index in [4.69, 9.17) is 4.74 Å². The average molecular weight is 658 g/mol. The lowest BCUT2D eigenvalue weighted by Crippen LogP contribution is -2.54. The van der Waals surface area contributed by atoms with Gasteiger partial charge in [0, 0.05) is 19.0 Å². The standard InChI is InChI=1S/C37H40FN3O5S/c1-2-46-33-23-21-32(22-24-33)41(47(44,45)34-15-7-4-8-16-34)27-36(42)40(26-29-17-19-30(38)20-18-29)35(25-28-11-5-3-6-12-28)37(43)39-31-13-9-10-14-31/h3-8,11-12,15-24,31,35H,2,9-10,13-14,25-27H2,1H3,(H,39,43). The van der Waals surface area contributed by atoms with Gasteiger partial charge in [0.1, 0.15) is 24.2 Å². The van der Waals surface area contributed by atoms with Gasteiger partial charge in [-0.3, -0.25) is 13.9 Å². The number of benzene rings is 4. The van der Waals surface area contributed by atoms with E-state index in [1.165, 1.54) is 29.2 Å². The number of carbonyl (C=O) groups excluding carboxylic acids is 2. The summed E-state index contributed by atoms with van der Waals surface area (Å²) in [6.45, 7) is 1.68. The van der Waals surface area contributed by atoms with Gasteiger partial charge in [0.25, 0.3) is 10.0 Å². The van der Waals surface area contributed by atoms with Crippen LogP contribution in [0.15, 0.2) is 114 Å². The molecule has 1 aliphatic rings. The van der Waals surface area contributed by atoms with Gasteiger partial charge >= 0.3 is 0 Å². The van der Waals surface area contributed by atoms with E-state index < -0.39 is 34.3 Å². The van der Waals surface area contributed by atoms with Crippen LogP contribution in [0.1, 0.15) is 43.7 Å². The van der Waals surface area contributed by atoms with Crippen molar-refractivity contribution < 1.29 is 27.1 Å². The fourth-order valence-electron chi connectivity index (χ4n) is 5.83. The van der Waals surface area contributed by atoms with Crippen molar-refractivity contribution in [2.75, 3.05) is 17.5 Å². The lowest BCUT2D eigenvalue weighted by Gasteiger charge is -2.34. The average Bonchev–Trinajstić information content (AvgIpc) is 3.60. The Hall–Kier alpha value is -4.70. The molecule has 0 heterocycles. The predicted octanol–water partition coefficient (Wildman–Crippen LogP) is 6.12. The minimum absolute atomic E-state index is 0.00218. The first-order valence-corrected chi connectivity index (χ1v) is 17.4. The zero-order valence-electron chi connectivity index (χ0n) is 26.4. The summed E-state index contributed by atoms with van der Waals surface area (Å²) in [5, 5.41) is 3.15. The number of anilines is 1. The van der Waals surface area contributed by atoms with Crippen LogP contribution < -0.4 is 14.4 Å². The van der Waals surface area contributed by atoms with Gasteiger partial charge in [-0.1, -0.05) is 73.5 Å². The van der Waals surface area contributed by atoms with Crippen molar-refractivity contribution in [3.05, 3.63) is 126 Å². The Balaban J connectivity index is 1.55. The van der Waals surface area contributed by atoms with Gasteiger partial charge in [0.15, 0.2) is 0 Å². The largest absolute Gasteiger partial charge is 0.494 e. The molecule has 1 atom stereocenters. The number of carbonyl (C=O) groups is 2. The van der Waals surface area contributed by atoms with Crippen LogP contribution in [-0.4, -0.2) is 50.4 Å². The number of hydrogen-bond acceptors (Lipinski definition) is 5. The summed E-state index contributed by atoms with van der Waals surface area (Å²) in [4.78, 5) is 30.1. The molecule has 10 heteroatoms. The Morgan fingerprint density at radius 2 is 1.47 bits per heavy atom. The highest BCUT2D eigenvalue weighted by Gasteiger charge is 2.35. The van der Waals surface area contributed by atoms with Gasteiger partial charge in [0.2, 0.25) is 11.8 Å².